The summed E-state index contributed by atoms with van der Waals surface area (Å²) >= 11 is 0. The topological polar surface area (TPSA) is 63.6 Å². The summed E-state index contributed by atoms with van der Waals surface area (Å²) in [7, 11) is -4.33. The van der Waals surface area contributed by atoms with Crippen LogP contribution in [0.25, 0.3) is 0 Å². The highest BCUT2D eigenvalue weighted by Gasteiger charge is 2.17. The quantitative estimate of drug-likeness (QED) is 0.294. The Hall–Kier alpha value is -1.85. The molecule has 2 aromatic rings. The standard InChI is InChI=1S/C23H32O4S/c1-2-3-4-5-6-7-8-9-10-15-20-16-11-12-17-21(20)27-22-18-13-14-19-23(22)28(24,25)26/h11-14,16-19H,2-10,15H2,1H3,(H,24,25,26). The minimum Gasteiger partial charge on any atom is -0.456 e. The third-order valence-electron chi connectivity index (χ3n) is 4.87. The van der Waals surface area contributed by atoms with E-state index in [1.54, 1.807) is 18.2 Å². The first kappa shape index (κ1) is 22.4. The number of rotatable bonds is 13. The summed E-state index contributed by atoms with van der Waals surface area (Å²) in [4.78, 5) is -0.215. The van der Waals surface area contributed by atoms with Crippen molar-refractivity contribution in [3.63, 3.8) is 0 Å². The monoisotopic (exact) mass is 404 g/mol. The van der Waals surface area contributed by atoms with Gasteiger partial charge in [-0.3, -0.25) is 4.55 Å². The molecule has 28 heavy (non-hydrogen) atoms. The lowest BCUT2D eigenvalue weighted by Gasteiger charge is -2.13. The van der Waals surface area contributed by atoms with Crippen LogP contribution < -0.4 is 4.74 Å². The predicted octanol–water partition coefficient (Wildman–Crippen LogP) is 6.80. The molecule has 0 amide bonds. The van der Waals surface area contributed by atoms with Gasteiger partial charge in [0.05, 0.1) is 0 Å². The summed E-state index contributed by atoms with van der Waals surface area (Å²) < 4.78 is 38.4. The molecule has 5 heteroatoms. The number of aryl methyl sites for hydroxylation is 1. The third kappa shape index (κ3) is 7.64. The molecule has 0 aliphatic carbocycles. The maximum absolute atomic E-state index is 11.6. The van der Waals surface area contributed by atoms with E-state index in [9.17, 15) is 13.0 Å². The van der Waals surface area contributed by atoms with Crippen molar-refractivity contribution < 1.29 is 17.7 Å². The van der Waals surface area contributed by atoms with Gasteiger partial charge in [0.15, 0.2) is 0 Å². The molecule has 154 valence electrons. The fourth-order valence-corrected chi connectivity index (χ4v) is 3.92. The van der Waals surface area contributed by atoms with Crippen molar-refractivity contribution in [1.82, 2.24) is 0 Å². The first-order valence-electron chi connectivity index (χ1n) is 10.3. The van der Waals surface area contributed by atoms with E-state index in [4.69, 9.17) is 4.74 Å². The maximum atomic E-state index is 11.6. The molecule has 0 saturated carbocycles. The molecule has 0 aliphatic heterocycles. The summed E-state index contributed by atoms with van der Waals surface area (Å²) in [5, 5.41) is 0. The van der Waals surface area contributed by atoms with E-state index in [0.29, 0.717) is 5.75 Å². The normalized spacial score (nSPS) is 11.5. The van der Waals surface area contributed by atoms with Crippen molar-refractivity contribution in [2.75, 3.05) is 0 Å². The number of benzene rings is 2. The molecule has 0 radical (unpaired) electrons. The molecular formula is C23H32O4S. The highest BCUT2D eigenvalue weighted by atomic mass is 32.2. The van der Waals surface area contributed by atoms with E-state index in [-0.39, 0.29) is 10.6 Å². The average molecular weight is 405 g/mol. The zero-order valence-electron chi connectivity index (χ0n) is 16.8. The van der Waals surface area contributed by atoms with Crippen LogP contribution in [0.15, 0.2) is 53.4 Å². The molecule has 0 bridgehead atoms. The smallest absolute Gasteiger partial charge is 0.298 e. The molecular weight excluding hydrogens is 372 g/mol. The molecule has 0 heterocycles. The molecule has 0 aromatic heterocycles. The van der Waals surface area contributed by atoms with Gasteiger partial charge in [0, 0.05) is 0 Å². The number of para-hydroxylation sites is 2. The van der Waals surface area contributed by atoms with Gasteiger partial charge in [-0.15, -0.1) is 0 Å². The van der Waals surface area contributed by atoms with E-state index in [1.807, 2.05) is 24.3 Å². The Balaban J connectivity index is 1.87. The molecule has 1 N–H and O–H groups in total. The molecule has 2 aromatic carbocycles. The Bertz CT molecular complexity index is 815. The van der Waals surface area contributed by atoms with Gasteiger partial charge in [0.2, 0.25) is 0 Å². The van der Waals surface area contributed by atoms with Gasteiger partial charge >= 0.3 is 0 Å². The van der Waals surface area contributed by atoms with E-state index in [1.165, 1.54) is 57.4 Å². The van der Waals surface area contributed by atoms with Crippen molar-refractivity contribution in [3.8, 4) is 11.5 Å². The van der Waals surface area contributed by atoms with Crippen molar-refractivity contribution in [3.05, 3.63) is 54.1 Å². The summed E-state index contributed by atoms with van der Waals surface area (Å²) in [6, 6.07) is 13.8. The van der Waals surface area contributed by atoms with Gasteiger partial charge in [0.25, 0.3) is 10.1 Å². The highest BCUT2D eigenvalue weighted by molar-refractivity contribution is 7.86. The maximum Gasteiger partial charge on any atom is 0.298 e. The zero-order chi connectivity index (χ0) is 20.2. The first-order valence-corrected chi connectivity index (χ1v) is 11.8. The number of unbranched alkanes of at least 4 members (excludes halogenated alkanes) is 8. The number of hydrogen-bond donors (Lipinski definition) is 1. The number of hydrogen-bond acceptors (Lipinski definition) is 3. The van der Waals surface area contributed by atoms with Crippen molar-refractivity contribution in [2.45, 2.75) is 76.0 Å². The van der Waals surface area contributed by atoms with Gasteiger partial charge in [-0.2, -0.15) is 8.42 Å². The minimum absolute atomic E-state index is 0.143. The van der Waals surface area contributed by atoms with Crippen LogP contribution in [0.4, 0.5) is 0 Å². The van der Waals surface area contributed by atoms with Gasteiger partial charge in [-0.05, 0) is 36.6 Å². The second-order valence-electron chi connectivity index (χ2n) is 7.21. The molecule has 4 nitrogen and oxygen atoms in total. The van der Waals surface area contributed by atoms with Crippen LogP contribution in [-0.4, -0.2) is 13.0 Å². The van der Waals surface area contributed by atoms with Crippen molar-refractivity contribution in [1.29, 1.82) is 0 Å². The predicted molar refractivity (Wildman–Crippen MR) is 114 cm³/mol. The first-order chi connectivity index (χ1) is 13.5. The van der Waals surface area contributed by atoms with Crippen LogP contribution >= 0.6 is 0 Å². The molecule has 0 saturated heterocycles. The van der Waals surface area contributed by atoms with Gasteiger partial charge < -0.3 is 4.74 Å². The average Bonchev–Trinajstić information content (AvgIpc) is 2.67. The van der Waals surface area contributed by atoms with Gasteiger partial charge in [-0.25, -0.2) is 0 Å². The fourth-order valence-electron chi connectivity index (χ4n) is 3.30. The molecule has 0 fully saturated rings. The van der Waals surface area contributed by atoms with Gasteiger partial charge in [-0.1, -0.05) is 88.6 Å². The summed E-state index contributed by atoms with van der Waals surface area (Å²) in [5.74, 6) is 0.780. The Kier molecular flexibility index (Phi) is 9.51. The SMILES string of the molecule is CCCCCCCCCCCc1ccccc1Oc1ccccc1S(=O)(=O)O. The second kappa shape index (κ2) is 11.9. The third-order valence-corrected chi connectivity index (χ3v) is 5.76. The summed E-state index contributed by atoms with van der Waals surface area (Å²) in [6.07, 6.45) is 12.4. The van der Waals surface area contributed by atoms with E-state index in [2.05, 4.69) is 6.92 Å². The van der Waals surface area contributed by atoms with Crippen LogP contribution in [0.2, 0.25) is 0 Å². The zero-order valence-corrected chi connectivity index (χ0v) is 17.6. The van der Waals surface area contributed by atoms with Crippen LogP contribution in [0, 0.1) is 0 Å². The second-order valence-corrected chi connectivity index (χ2v) is 8.60. The molecule has 2 rings (SSSR count). The van der Waals surface area contributed by atoms with E-state index < -0.39 is 10.1 Å². The van der Waals surface area contributed by atoms with Crippen molar-refractivity contribution >= 4 is 10.1 Å². The van der Waals surface area contributed by atoms with E-state index >= 15 is 0 Å². The van der Waals surface area contributed by atoms with Crippen molar-refractivity contribution in [2.24, 2.45) is 0 Å². The summed E-state index contributed by atoms with van der Waals surface area (Å²) in [5.41, 5.74) is 1.05. The Morgan fingerprint density at radius 1 is 0.750 bits per heavy atom. The minimum atomic E-state index is -4.33. The lowest BCUT2D eigenvalue weighted by molar-refractivity contribution is 0.445. The van der Waals surface area contributed by atoms with Crippen LogP contribution in [0.5, 0.6) is 11.5 Å². The Morgan fingerprint density at radius 3 is 1.93 bits per heavy atom. The highest BCUT2D eigenvalue weighted by Crippen LogP contribution is 2.31. The van der Waals surface area contributed by atoms with Crippen LogP contribution in [-0.2, 0) is 16.5 Å². The Morgan fingerprint density at radius 2 is 1.29 bits per heavy atom. The largest absolute Gasteiger partial charge is 0.456 e. The Labute approximate surface area is 169 Å². The fraction of sp³-hybridized carbons (Fsp3) is 0.478. The van der Waals surface area contributed by atoms with Crippen LogP contribution in [0.1, 0.15) is 70.3 Å². The number of ether oxygens (including phenoxy) is 1. The van der Waals surface area contributed by atoms with Gasteiger partial charge in [0.1, 0.15) is 16.4 Å². The lowest BCUT2D eigenvalue weighted by Crippen LogP contribution is -2.01. The van der Waals surface area contributed by atoms with Crippen LogP contribution in [0.3, 0.4) is 0 Å². The summed E-state index contributed by atoms with van der Waals surface area (Å²) in [6.45, 7) is 2.24. The van der Waals surface area contributed by atoms with E-state index in [0.717, 1.165) is 18.4 Å². The lowest BCUT2D eigenvalue weighted by atomic mass is 10.0. The molecule has 0 aliphatic rings. The molecule has 0 atom stereocenters. The molecule has 0 spiro atoms. The molecule has 0 unspecified atom stereocenters.